The molecule has 53 heavy (non-hydrogen) atoms. The highest BCUT2D eigenvalue weighted by atomic mass is 35.5. The van der Waals surface area contributed by atoms with E-state index < -0.39 is 6.04 Å². The molecule has 4 aromatic rings. The Morgan fingerprint density at radius 1 is 0.868 bits per heavy atom. The summed E-state index contributed by atoms with van der Waals surface area (Å²) in [5.41, 5.74) is 6.15. The van der Waals surface area contributed by atoms with Gasteiger partial charge in [0.1, 0.15) is 17.5 Å². The average molecular weight is 736 g/mol. The summed E-state index contributed by atoms with van der Waals surface area (Å²) < 4.78 is 0. The molecule has 4 fully saturated rings. The number of pyridine rings is 2. The van der Waals surface area contributed by atoms with E-state index in [4.69, 9.17) is 16.6 Å². The lowest BCUT2D eigenvalue weighted by atomic mass is 10.0. The first-order chi connectivity index (χ1) is 25.8. The van der Waals surface area contributed by atoms with Crippen molar-refractivity contribution in [2.24, 2.45) is 0 Å². The van der Waals surface area contributed by atoms with Crippen molar-refractivity contribution in [2.75, 3.05) is 68.7 Å². The number of rotatable bonds is 9. The van der Waals surface area contributed by atoms with Crippen molar-refractivity contribution in [3.05, 3.63) is 70.5 Å². The molecule has 4 aliphatic heterocycles. The standard InChI is InChI=1S/C39H42ClN9O4/c40-36-29(21-42-37-35(36)28(20-41-37)24-5-6-24)30-3-1-4-32(43-30)48-18-15-46(23-34(48)51)12-2-11-45-13-16-47(17-14-45)26-7-8-27-25(19-26)22-49(39(27)53)31-9-10-33(50)44-38(31)52/h1,3-4,7-8,19-21,24,31H,2,5-6,9-18,22-23H2,(H,41,42)(H,44,50,52). The number of nitrogens with one attached hydrogen (secondary N) is 2. The third-order valence-corrected chi connectivity index (χ3v) is 11.9. The molecule has 3 aromatic heterocycles. The minimum atomic E-state index is -0.606. The molecule has 2 N–H and O–H groups in total. The number of fused-ring (bicyclic) bond motifs is 2. The van der Waals surface area contributed by atoms with Crippen molar-refractivity contribution >= 4 is 57.8 Å². The molecule has 1 atom stereocenters. The van der Waals surface area contributed by atoms with Crippen LogP contribution in [0, 0.1) is 0 Å². The van der Waals surface area contributed by atoms with Crippen LogP contribution in [-0.4, -0.2) is 118 Å². The number of H-pyrrole nitrogens is 1. The fourth-order valence-electron chi connectivity index (χ4n) is 8.36. The summed E-state index contributed by atoms with van der Waals surface area (Å²) in [6.45, 7) is 7.58. The van der Waals surface area contributed by atoms with E-state index in [9.17, 15) is 19.2 Å². The predicted octanol–water partition coefficient (Wildman–Crippen LogP) is 3.78. The number of piperazine rings is 2. The van der Waals surface area contributed by atoms with Crippen molar-refractivity contribution in [1.29, 1.82) is 0 Å². The Labute approximate surface area is 312 Å². The van der Waals surface area contributed by atoms with Gasteiger partial charge in [-0.25, -0.2) is 9.97 Å². The fourth-order valence-corrected chi connectivity index (χ4v) is 8.70. The SMILES string of the molecule is O=C1CCC(N2Cc3cc(N4CCN(CCCN5CCN(c6cccc(-c7cnc8[nH]cc(C9CC9)c8c7Cl)n6)C(=O)C5)CC4)ccc3C2=O)C(=O)N1. The van der Waals surface area contributed by atoms with Gasteiger partial charge in [-0.3, -0.25) is 39.2 Å². The zero-order valence-corrected chi connectivity index (χ0v) is 30.3. The van der Waals surface area contributed by atoms with Crippen LogP contribution in [0.3, 0.4) is 0 Å². The molecule has 9 rings (SSSR count). The summed E-state index contributed by atoms with van der Waals surface area (Å²) in [6.07, 6.45) is 7.72. The maximum Gasteiger partial charge on any atom is 0.255 e. The van der Waals surface area contributed by atoms with Gasteiger partial charge in [0.2, 0.25) is 17.7 Å². The zero-order valence-electron chi connectivity index (χ0n) is 29.5. The first-order valence-corrected chi connectivity index (χ1v) is 19.1. The van der Waals surface area contributed by atoms with E-state index in [2.05, 4.69) is 36.1 Å². The molecule has 0 radical (unpaired) electrons. The second kappa shape index (κ2) is 13.9. The minimum absolute atomic E-state index is 0.0483. The molecule has 0 bridgehead atoms. The Bertz CT molecular complexity index is 2120. The van der Waals surface area contributed by atoms with Crippen LogP contribution in [-0.2, 0) is 20.9 Å². The molecule has 4 amide bonds. The Balaban J connectivity index is 0.749. The highest BCUT2D eigenvalue weighted by Crippen LogP contribution is 2.46. The Kier molecular flexibility index (Phi) is 8.87. The second-order valence-corrected chi connectivity index (χ2v) is 15.2. The largest absolute Gasteiger partial charge is 0.369 e. The summed E-state index contributed by atoms with van der Waals surface area (Å²) in [5.74, 6) is 0.406. The lowest BCUT2D eigenvalue weighted by Gasteiger charge is -2.37. The number of hydrogen-bond donors (Lipinski definition) is 2. The van der Waals surface area contributed by atoms with Gasteiger partial charge in [-0.05, 0) is 86.1 Å². The van der Waals surface area contributed by atoms with E-state index >= 15 is 0 Å². The molecule has 3 saturated heterocycles. The number of carbonyl (C=O) groups excluding carboxylic acids is 4. The minimum Gasteiger partial charge on any atom is -0.369 e. The molecule has 1 saturated carbocycles. The summed E-state index contributed by atoms with van der Waals surface area (Å²) >= 11 is 6.95. The van der Waals surface area contributed by atoms with Gasteiger partial charge >= 0.3 is 0 Å². The summed E-state index contributed by atoms with van der Waals surface area (Å²) in [4.78, 5) is 73.7. The maximum absolute atomic E-state index is 13.4. The normalized spacial score (nSPS) is 21.5. The summed E-state index contributed by atoms with van der Waals surface area (Å²) in [6, 6.07) is 11.1. The van der Waals surface area contributed by atoms with Crippen LogP contribution in [0.4, 0.5) is 11.5 Å². The number of imide groups is 1. The molecule has 1 unspecified atom stereocenters. The van der Waals surface area contributed by atoms with Gasteiger partial charge in [-0.2, -0.15) is 0 Å². The summed E-state index contributed by atoms with van der Waals surface area (Å²) in [7, 11) is 0. The van der Waals surface area contributed by atoms with Crippen LogP contribution < -0.4 is 15.1 Å². The molecular formula is C39H42ClN9O4. The summed E-state index contributed by atoms with van der Waals surface area (Å²) in [5, 5.41) is 4.00. The molecule has 1 aliphatic carbocycles. The Hall–Kier alpha value is -4.85. The van der Waals surface area contributed by atoms with Crippen molar-refractivity contribution < 1.29 is 19.2 Å². The van der Waals surface area contributed by atoms with Crippen molar-refractivity contribution in [3.8, 4) is 11.3 Å². The van der Waals surface area contributed by atoms with E-state index in [1.165, 1.54) is 18.4 Å². The number of benzene rings is 1. The molecule has 274 valence electrons. The molecule has 14 heteroatoms. The Morgan fingerprint density at radius 2 is 1.68 bits per heavy atom. The lowest BCUT2D eigenvalue weighted by Crippen LogP contribution is -2.52. The molecule has 5 aliphatic rings. The van der Waals surface area contributed by atoms with E-state index in [0.717, 1.165) is 80.1 Å². The number of anilines is 2. The number of aromatic nitrogens is 3. The van der Waals surface area contributed by atoms with Crippen molar-refractivity contribution in [1.82, 2.24) is 35.0 Å². The van der Waals surface area contributed by atoms with Gasteiger partial charge in [0.25, 0.3) is 5.91 Å². The highest BCUT2D eigenvalue weighted by molar-refractivity contribution is 6.38. The van der Waals surface area contributed by atoms with Crippen LogP contribution in [0.25, 0.3) is 22.3 Å². The first-order valence-electron chi connectivity index (χ1n) is 18.7. The number of hydrogen-bond acceptors (Lipinski definition) is 9. The topological polar surface area (TPSA) is 138 Å². The van der Waals surface area contributed by atoms with Crippen molar-refractivity contribution in [2.45, 2.75) is 50.6 Å². The maximum atomic E-state index is 13.4. The van der Waals surface area contributed by atoms with Crippen molar-refractivity contribution in [3.63, 3.8) is 0 Å². The van der Waals surface area contributed by atoms with Crippen LogP contribution in [0.2, 0.25) is 5.02 Å². The molecule has 0 spiro atoms. The predicted molar refractivity (Wildman–Crippen MR) is 201 cm³/mol. The Morgan fingerprint density at radius 3 is 2.47 bits per heavy atom. The number of nitrogens with zero attached hydrogens (tertiary/aromatic N) is 7. The highest BCUT2D eigenvalue weighted by Gasteiger charge is 2.39. The van der Waals surface area contributed by atoms with Gasteiger partial charge < -0.3 is 14.8 Å². The molecular weight excluding hydrogens is 694 g/mol. The molecule has 1 aromatic carbocycles. The van der Waals surface area contributed by atoms with Gasteiger partial charge in [-0.15, -0.1) is 0 Å². The quantitative estimate of drug-likeness (QED) is 0.246. The van der Waals surface area contributed by atoms with Crippen LogP contribution in [0.1, 0.15) is 59.5 Å². The van der Waals surface area contributed by atoms with E-state index in [-0.39, 0.29) is 30.0 Å². The van der Waals surface area contributed by atoms with Gasteiger partial charge in [0, 0.05) is 86.8 Å². The molecule has 7 heterocycles. The third-order valence-electron chi connectivity index (χ3n) is 11.5. The van der Waals surface area contributed by atoms with E-state index in [1.54, 1.807) is 16.0 Å². The van der Waals surface area contributed by atoms with Gasteiger partial charge in [0.15, 0.2) is 0 Å². The first kappa shape index (κ1) is 34.0. The average Bonchev–Trinajstić information content (AvgIpc) is 3.83. The van der Waals surface area contributed by atoms with Gasteiger partial charge in [-0.1, -0.05) is 17.7 Å². The number of halogens is 1. The smallest absolute Gasteiger partial charge is 0.255 e. The van der Waals surface area contributed by atoms with Crippen LogP contribution in [0.15, 0.2) is 48.8 Å². The number of aromatic amines is 1. The number of amides is 4. The van der Waals surface area contributed by atoms with E-state index in [1.807, 2.05) is 36.5 Å². The van der Waals surface area contributed by atoms with Gasteiger partial charge in [0.05, 0.1) is 17.3 Å². The number of carbonyl (C=O) groups is 4. The monoisotopic (exact) mass is 735 g/mol. The fraction of sp³-hybridized carbons (Fsp3) is 0.436. The van der Waals surface area contributed by atoms with Crippen LogP contribution >= 0.6 is 11.6 Å². The second-order valence-electron chi connectivity index (χ2n) is 14.9. The zero-order chi connectivity index (χ0) is 36.2. The molecule has 13 nitrogen and oxygen atoms in total. The lowest BCUT2D eigenvalue weighted by molar-refractivity contribution is -0.137. The third kappa shape index (κ3) is 6.55. The number of piperidine rings is 1. The van der Waals surface area contributed by atoms with E-state index in [0.29, 0.717) is 54.1 Å². The van der Waals surface area contributed by atoms with Crippen LogP contribution in [0.5, 0.6) is 0 Å².